The first-order valence-electron chi connectivity index (χ1n) is 10.7. The molecule has 152 valence electrons. The van der Waals surface area contributed by atoms with E-state index in [2.05, 4.69) is 31.2 Å². The lowest BCUT2D eigenvalue weighted by Gasteiger charge is -2.30. The molecule has 3 aromatic rings. The maximum absolute atomic E-state index is 7.19. The normalized spacial score (nSPS) is 16.1. The first-order valence-corrected chi connectivity index (χ1v) is 11.4. The first-order chi connectivity index (χ1) is 14.1. The van der Waals surface area contributed by atoms with Gasteiger partial charge in [-0.25, -0.2) is 0 Å². The average Bonchev–Trinajstić information content (AvgIpc) is 3.08. The highest BCUT2D eigenvalue weighted by atomic mass is 35.5. The van der Waals surface area contributed by atoms with Crippen molar-refractivity contribution in [2.24, 2.45) is 0 Å². The van der Waals surface area contributed by atoms with Gasteiger partial charge >= 0.3 is 0 Å². The summed E-state index contributed by atoms with van der Waals surface area (Å²) in [5.41, 5.74) is 4.12. The maximum atomic E-state index is 7.19. The molecule has 0 amide bonds. The lowest BCUT2D eigenvalue weighted by atomic mass is 9.84. The van der Waals surface area contributed by atoms with Crippen molar-refractivity contribution in [3.8, 4) is 0 Å². The molecule has 3 aromatic carbocycles. The highest BCUT2D eigenvalue weighted by molar-refractivity contribution is 6.34. The number of hydrogen-bond acceptors (Lipinski definition) is 0. The van der Waals surface area contributed by atoms with Crippen LogP contribution in [0.15, 0.2) is 78.9 Å². The van der Waals surface area contributed by atoms with Gasteiger partial charge in [0, 0.05) is 10.6 Å². The summed E-state index contributed by atoms with van der Waals surface area (Å²) in [5.74, 6) is 0. The van der Waals surface area contributed by atoms with Gasteiger partial charge < -0.3 is 0 Å². The Balaban J connectivity index is 0.000000290. The quantitative estimate of drug-likeness (QED) is 0.223. The lowest BCUT2D eigenvalue weighted by molar-refractivity contribution is 0.702. The second kappa shape index (κ2) is 10.9. The highest BCUT2D eigenvalue weighted by Gasteiger charge is 2.35. The fourth-order valence-corrected chi connectivity index (χ4v) is 4.65. The molecule has 1 aliphatic rings. The molecule has 0 saturated heterocycles. The number of aryl methyl sites for hydroxylation is 1. The van der Waals surface area contributed by atoms with E-state index in [-0.39, 0.29) is 0 Å². The third kappa shape index (κ3) is 5.65. The van der Waals surface area contributed by atoms with Gasteiger partial charge in [-0.1, -0.05) is 135 Å². The molecular formula is C27H30Cl2. The summed E-state index contributed by atoms with van der Waals surface area (Å²) in [5, 5.41) is 0.668. The second-order valence-electron chi connectivity index (χ2n) is 7.85. The Hall–Kier alpha value is -1.76. The van der Waals surface area contributed by atoms with E-state index in [0.717, 1.165) is 16.7 Å². The molecule has 0 bridgehead atoms. The van der Waals surface area contributed by atoms with Crippen LogP contribution in [0.1, 0.15) is 67.2 Å². The monoisotopic (exact) mass is 424 g/mol. The fourth-order valence-electron chi connectivity index (χ4n) is 3.91. The third-order valence-corrected chi connectivity index (χ3v) is 6.59. The van der Waals surface area contributed by atoms with Crippen LogP contribution < -0.4 is 0 Å². The van der Waals surface area contributed by atoms with Gasteiger partial charge in [0.15, 0.2) is 0 Å². The molecule has 0 heterocycles. The number of rotatable bonds is 3. The Labute approximate surface area is 185 Å². The zero-order chi connectivity index (χ0) is 20.5. The van der Waals surface area contributed by atoms with Crippen LogP contribution >= 0.6 is 23.2 Å². The number of halogens is 2. The van der Waals surface area contributed by atoms with Gasteiger partial charge in [-0.05, 0) is 24.1 Å². The third-order valence-electron chi connectivity index (χ3n) is 5.62. The van der Waals surface area contributed by atoms with Crippen LogP contribution in [0.4, 0.5) is 0 Å². The Morgan fingerprint density at radius 2 is 1.03 bits per heavy atom. The molecule has 0 N–H and O–H groups in total. The van der Waals surface area contributed by atoms with Crippen LogP contribution in [-0.2, 0) is 4.87 Å². The molecule has 1 unspecified atom stereocenters. The van der Waals surface area contributed by atoms with Crippen LogP contribution in [0.3, 0.4) is 0 Å². The molecule has 0 radical (unpaired) electrons. The van der Waals surface area contributed by atoms with E-state index in [1.54, 1.807) is 0 Å². The van der Waals surface area contributed by atoms with Crippen molar-refractivity contribution in [3.05, 3.63) is 106 Å². The van der Waals surface area contributed by atoms with Crippen LogP contribution in [0.5, 0.6) is 0 Å². The summed E-state index contributed by atoms with van der Waals surface area (Å²) >= 11 is 13.6. The second-order valence-corrected chi connectivity index (χ2v) is 8.82. The van der Waals surface area contributed by atoms with Crippen LogP contribution in [0, 0.1) is 6.92 Å². The number of alkyl halides is 1. The molecular weight excluding hydrogens is 395 g/mol. The van der Waals surface area contributed by atoms with E-state index >= 15 is 0 Å². The van der Waals surface area contributed by atoms with E-state index in [1.807, 2.05) is 54.6 Å². The Bertz CT molecular complexity index is 851. The molecule has 1 saturated carbocycles. The van der Waals surface area contributed by atoms with Crippen molar-refractivity contribution in [2.45, 2.75) is 56.7 Å². The van der Waals surface area contributed by atoms with Crippen LogP contribution in [0.2, 0.25) is 5.02 Å². The average molecular weight is 425 g/mol. The maximum Gasteiger partial charge on any atom is 0.121 e. The van der Waals surface area contributed by atoms with Crippen LogP contribution in [0.25, 0.3) is 0 Å². The summed E-state index contributed by atoms with van der Waals surface area (Å²) in [6.07, 6.45) is 10.5. The molecule has 0 nitrogen and oxygen atoms in total. The first kappa shape index (κ1) is 21.9. The molecule has 0 aromatic heterocycles. The zero-order valence-electron chi connectivity index (χ0n) is 17.2. The van der Waals surface area contributed by atoms with Gasteiger partial charge in [0.25, 0.3) is 0 Å². The SMILES string of the molecule is C1CCCCCC1.Cc1ccc(C(Cl)(c2ccccc2)c2ccccc2Cl)cc1. The minimum absolute atomic E-state index is 0.668. The Kier molecular flexibility index (Phi) is 8.21. The molecule has 1 aliphatic carbocycles. The van der Waals surface area contributed by atoms with Gasteiger partial charge in [0.1, 0.15) is 4.87 Å². The topological polar surface area (TPSA) is 0 Å². The van der Waals surface area contributed by atoms with E-state index in [0.29, 0.717) is 5.02 Å². The van der Waals surface area contributed by atoms with Crippen molar-refractivity contribution in [3.63, 3.8) is 0 Å². The van der Waals surface area contributed by atoms with Gasteiger partial charge in [0.2, 0.25) is 0 Å². The highest BCUT2D eigenvalue weighted by Crippen LogP contribution is 2.45. The molecule has 0 spiro atoms. The fraction of sp³-hybridized carbons (Fsp3) is 0.333. The number of benzene rings is 3. The van der Waals surface area contributed by atoms with Crippen molar-refractivity contribution in [1.29, 1.82) is 0 Å². The molecule has 1 fully saturated rings. The van der Waals surface area contributed by atoms with Crippen molar-refractivity contribution >= 4 is 23.2 Å². The van der Waals surface area contributed by atoms with Crippen LogP contribution in [-0.4, -0.2) is 0 Å². The molecule has 2 heteroatoms. The lowest BCUT2D eigenvalue weighted by Crippen LogP contribution is -2.22. The van der Waals surface area contributed by atoms with Crippen molar-refractivity contribution in [2.75, 3.05) is 0 Å². The molecule has 1 atom stereocenters. The smallest absolute Gasteiger partial charge is 0.103 e. The van der Waals surface area contributed by atoms with E-state index in [9.17, 15) is 0 Å². The minimum Gasteiger partial charge on any atom is -0.103 e. The zero-order valence-corrected chi connectivity index (χ0v) is 18.7. The van der Waals surface area contributed by atoms with Gasteiger partial charge in [-0.3, -0.25) is 0 Å². The Morgan fingerprint density at radius 1 is 0.586 bits per heavy atom. The van der Waals surface area contributed by atoms with E-state index in [4.69, 9.17) is 23.2 Å². The van der Waals surface area contributed by atoms with Crippen molar-refractivity contribution in [1.82, 2.24) is 0 Å². The van der Waals surface area contributed by atoms with Crippen molar-refractivity contribution < 1.29 is 0 Å². The van der Waals surface area contributed by atoms with E-state index < -0.39 is 4.87 Å². The largest absolute Gasteiger partial charge is 0.121 e. The summed E-state index contributed by atoms with van der Waals surface area (Å²) in [7, 11) is 0. The van der Waals surface area contributed by atoms with Gasteiger partial charge in [-0.15, -0.1) is 11.6 Å². The molecule has 29 heavy (non-hydrogen) atoms. The molecule has 4 rings (SSSR count). The summed E-state index contributed by atoms with van der Waals surface area (Å²) < 4.78 is 0. The summed E-state index contributed by atoms with van der Waals surface area (Å²) in [4.78, 5) is -0.798. The van der Waals surface area contributed by atoms with E-state index in [1.165, 1.54) is 50.5 Å². The minimum atomic E-state index is -0.798. The Morgan fingerprint density at radius 3 is 1.55 bits per heavy atom. The molecule has 0 aliphatic heterocycles. The van der Waals surface area contributed by atoms with Gasteiger partial charge in [-0.2, -0.15) is 0 Å². The predicted octanol–water partition coefficient (Wildman–Crippen LogP) is 8.91. The summed E-state index contributed by atoms with van der Waals surface area (Å²) in [6.45, 7) is 2.07. The standard InChI is InChI=1S/C20H16Cl2.C7H14/c1-15-11-13-17(14-12-15)20(22,16-7-3-2-4-8-16)18-9-5-6-10-19(18)21;1-2-4-6-7-5-3-1/h2-14H,1H3;1-7H2. The summed E-state index contributed by atoms with van der Waals surface area (Å²) in [6, 6.07) is 26.1. The van der Waals surface area contributed by atoms with Gasteiger partial charge in [0.05, 0.1) is 0 Å². The predicted molar refractivity (Wildman–Crippen MR) is 127 cm³/mol. The number of hydrogen-bond donors (Lipinski definition) is 0.